The Morgan fingerprint density at radius 1 is 1.08 bits per heavy atom. The molecule has 1 aromatic carbocycles. The van der Waals surface area contributed by atoms with Crippen LogP contribution in [0.15, 0.2) is 24.3 Å². The molecule has 2 atom stereocenters. The summed E-state index contributed by atoms with van der Waals surface area (Å²) in [6.45, 7) is 9.80. The number of hydrogen-bond acceptors (Lipinski definition) is 5. The van der Waals surface area contributed by atoms with Gasteiger partial charge in [0.05, 0.1) is 23.9 Å². The molecule has 2 unspecified atom stereocenters. The molecule has 1 rings (SSSR count). The second-order valence-electron chi connectivity index (χ2n) is 6.85. The summed E-state index contributed by atoms with van der Waals surface area (Å²) in [6, 6.07) is 7.57. The smallest absolute Gasteiger partial charge is 0.159 e. The SMILES string of the molecule is CCC(C)(NCCC(=O)C(C)(CC)Nc1ccccc1OC)C(C)=O. The van der Waals surface area contributed by atoms with Gasteiger partial charge in [-0.25, -0.2) is 0 Å². The van der Waals surface area contributed by atoms with Crippen LogP contribution in [-0.2, 0) is 9.59 Å². The summed E-state index contributed by atoms with van der Waals surface area (Å²) < 4.78 is 5.36. The maximum atomic E-state index is 12.8. The minimum atomic E-state index is -0.685. The molecule has 0 heterocycles. The van der Waals surface area contributed by atoms with E-state index in [4.69, 9.17) is 4.74 Å². The summed E-state index contributed by atoms with van der Waals surface area (Å²) in [7, 11) is 1.61. The van der Waals surface area contributed by atoms with Gasteiger partial charge in [-0.2, -0.15) is 0 Å². The number of ether oxygens (including phenoxy) is 1. The van der Waals surface area contributed by atoms with Crippen molar-refractivity contribution in [1.29, 1.82) is 0 Å². The van der Waals surface area contributed by atoms with Gasteiger partial charge in [0.25, 0.3) is 0 Å². The lowest BCUT2D eigenvalue weighted by atomic mass is 9.89. The highest BCUT2D eigenvalue weighted by molar-refractivity contribution is 5.91. The molecular weight excluding hydrogens is 316 g/mol. The maximum Gasteiger partial charge on any atom is 0.159 e. The fraction of sp³-hybridized carbons (Fsp3) is 0.600. The highest BCUT2D eigenvalue weighted by Crippen LogP contribution is 2.28. The van der Waals surface area contributed by atoms with Gasteiger partial charge < -0.3 is 15.4 Å². The molecule has 0 aliphatic heterocycles. The fourth-order valence-electron chi connectivity index (χ4n) is 2.63. The lowest BCUT2D eigenvalue weighted by Gasteiger charge is -2.31. The molecule has 0 fully saturated rings. The van der Waals surface area contributed by atoms with Crippen LogP contribution >= 0.6 is 0 Å². The number of hydrogen-bond donors (Lipinski definition) is 2. The first-order chi connectivity index (χ1) is 11.7. The number of para-hydroxylation sites is 2. The summed E-state index contributed by atoms with van der Waals surface area (Å²) in [4.78, 5) is 24.6. The third kappa shape index (κ3) is 5.30. The molecule has 0 saturated carbocycles. The first-order valence-electron chi connectivity index (χ1n) is 8.93. The highest BCUT2D eigenvalue weighted by Gasteiger charge is 2.32. The minimum absolute atomic E-state index is 0.0906. The van der Waals surface area contributed by atoms with E-state index in [0.717, 1.165) is 5.69 Å². The number of rotatable bonds is 11. The van der Waals surface area contributed by atoms with E-state index in [1.54, 1.807) is 14.0 Å². The topological polar surface area (TPSA) is 67.4 Å². The Labute approximate surface area is 151 Å². The number of Topliss-reactive ketones (excluding diaryl/α,β-unsaturated/α-hetero) is 2. The van der Waals surface area contributed by atoms with E-state index >= 15 is 0 Å². The van der Waals surface area contributed by atoms with Crippen molar-refractivity contribution >= 4 is 17.3 Å². The van der Waals surface area contributed by atoms with E-state index < -0.39 is 11.1 Å². The van der Waals surface area contributed by atoms with Gasteiger partial charge in [0.1, 0.15) is 11.5 Å². The average molecular weight is 348 g/mol. The highest BCUT2D eigenvalue weighted by atomic mass is 16.5. The van der Waals surface area contributed by atoms with Gasteiger partial charge in [-0.05, 0) is 45.7 Å². The van der Waals surface area contributed by atoms with Gasteiger partial charge in [0.2, 0.25) is 0 Å². The molecule has 0 amide bonds. The molecule has 0 aliphatic rings. The second-order valence-corrected chi connectivity index (χ2v) is 6.85. The Bertz CT molecular complexity index is 602. The summed E-state index contributed by atoms with van der Waals surface area (Å²) in [6.07, 6.45) is 1.71. The first kappa shape index (κ1) is 21.2. The molecule has 5 heteroatoms. The molecule has 25 heavy (non-hydrogen) atoms. The molecule has 5 nitrogen and oxygen atoms in total. The van der Waals surface area contributed by atoms with Gasteiger partial charge in [0, 0.05) is 13.0 Å². The van der Waals surface area contributed by atoms with Gasteiger partial charge in [-0.1, -0.05) is 26.0 Å². The molecule has 0 aliphatic carbocycles. The molecule has 140 valence electrons. The number of nitrogens with one attached hydrogen (secondary N) is 2. The molecule has 2 N–H and O–H groups in total. The van der Waals surface area contributed by atoms with Crippen LogP contribution in [0.4, 0.5) is 5.69 Å². The van der Waals surface area contributed by atoms with Crippen molar-refractivity contribution in [3.63, 3.8) is 0 Å². The van der Waals surface area contributed by atoms with Gasteiger partial charge in [-0.3, -0.25) is 9.59 Å². The van der Waals surface area contributed by atoms with Crippen molar-refractivity contribution in [3.05, 3.63) is 24.3 Å². The Balaban J connectivity index is 2.77. The monoisotopic (exact) mass is 348 g/mol. The number of methoxy groups -OCH3 is 1. The number of carbonyl (C=O) groups excluding carboxylic acids is 2. The van der Waals surface area contributed by atoms with E-state index in [2.05, 4.69) is 10.6 Å². The van der Waals surface area contributed by atoms with E-state index in [1.165, 1.54) is 0 Å². The lowest BCUT2D eigenvalue weighted by molar-refractivity contribution is -0.125. The predicted octanol–water partition coefficient (Wildman–Crippen LogP) is 3.58. The largest absolute Gasteiger partial charge is 0.495 e. The van der Waals surface area contributed by atoms with Crippen molar-refractivity contribution < 1.29 is 14.3 Å². The Hall–Kier alpha value is -1.88. The van der Waals surface area contributed by atoms with Crippen LogP contribution in [0.1, 0.15) is 53.9 Å². The molecule has 1 aromatic rings. The van der Waals surface area contributed by atoms with Crippen LogP contribution in [0, 0.1) is 0 Å². The average Bonchev–Trinajstić information content (AvgIpc) is 2.61. The van der Waals surface area contributed by atoms with Gasteiger partial charge in [0.15, 0.2) is 5.78 Å². The summed E-state index contributed by atoms with van der Waals surface area (Å²) >= 11 is 0. The van der Waals surface area contributed by atoms with Crippen LogP contribution in [0.3, 0.4) is 0 Å². The zero-order valence-electron chi connectivity index (χ0n) is 16.4. The van der Waals surface area contributed by atoms with Crippen LogP contribution < -0.4 is 15.4 Å². The van der Waals surface area contributed by atoms with Crippen molar-refractivity contribution in [1.82, 2.24) is 5.32 Å². The van der Waals surface area contributed by atoms with Crippen LogP contribution in [0.25, 0.3) is 0 Å². The number of carbonyl (C=O) groups is 2. The van der Waals surface area contributed by atoms with E-state index in [9.17, 15) is 9.59 Å². The molecule has 0 spiro atoms. The second kappa shape index (κ2) is 8.99. The predicted molar refractivity (Wildman–Crippen MR) is 102 cm³/mol. The van der Waals surface area contributed by atoms with Crippen molar-refractivity contribution in [2.24, 2.45) is 0 Å². The third-order valence-electron chi connectivity index (χ3n) is 5.19. The zero-order valence-corrected chi connectivity index (χ0v) is 16.4. The van der Waals surface area contributed by atoms with Crippen LogP contribution in [0.2, 0.25) is 0 Å². The minimum Gasteiger partial charge on any atom is -0.495 e. The zero-order chi connectivity index (χ0) is 19.1. The molecular formula is C20H32N2O3. The molecule has 0 bridgehead atoms. The Morgan fingerprint density at radius 3 is 2.20 bits per heavy atom. The van der Waals surface area contributed by atoms with Crippen LogP contribution in [-0.4, -0.2) is 36.3 Å². The van der Waals surface area contributed by atoms with Gasteiger partial charge >= 0.3 is 0 Å². The summed E-state index contributed by atoms with van der Waals surface area (Å²) in [5.41, 5.74) is -0.452. The quantitative estimate of drug-likeness (QED) is 0.640. The number of anilines is 1. The first-order valence-corrected chi connectivity index (χ1v) is 8.93. The summed E-state index contributed by atoms with van der Waals surface area (Å²) in [5.74, 6) is 0.909. The third-order valence-corrected chi connectivity index (χ3v) is 5.19. The lowest BCUT2D eigenvalue weighted by Crippen LogP contribution is -2.50. The van der Waals surface area contributed by atoms with Crippen LogP contribution in [0.5, 0.6) is 5.75 Å². The van der Waals surface area contributed by atoms with E-state index in [0.29, 0.717) is 31.6 Å². The summed E-state index contributed by atoms with van der Waals surface area (Å²) in [5, 5.41) is 6.58. The molecule has 0 saturated heterocycles. The number of ketones is 2. The normalized spacial score (nSPS) is 15.8. The Kier molecular flexibility index (Phi) is 7.61. The van der Waals surface area contributed by atoms with Crippen molar-refractivity contribution in [3.8, 4) is 5.75 Å². The van der Waals surface area contributed by atoms with E-state index in [-0.39, 0.29) is 11.6 Å². The molecule has 0 radical (unpaired) electrons. The van der Waals surface area contributed by atoms with Crippen molar-refractivity contribution in [2.75, 3.05) is 19.0 Å². The standard InChI is InChI=1S/C20H32N2O3/c1-7-19(4,15(3)23)21-14-13-18(24)20(5,8-2)22-16-11-9-10-12-17(16)25-6/h9-12,21-22H,7-8,13-14H2,1-6H3. The maximum absolute atomic E-state index is 12.8. The Morgan fingerprint density at radius 2 is 1.68 bits per heavy atom. The number of benzene rings is 1. The van der Waals surface area contributed by atoms with Crippen molar-refractivity contribution in [2.45, 2.75) is 65.0 Å². The molecule has 0 aromatic heterocycles. The van der Waals surface area contributed by atoms with E-state index in [1.807, 2.05) is 52.0 Å². The van der Waals surface area contributed by atoms with Gasteiger partial charge in [-0.15, -0.1) is 0 Å². The fourth-order valence-corrected chi connectivity index (χ4v) is 2.63.